The van der Waals surface area contributed by atoms with Crippen molar-refractivity contribution >= 4 is 17.1 Å². The molecule has 2 aliphatic rings. The minimum Gasteiger partial charge on any atom is -0.387 e. The molecule has 3 heterocycles. The number of fused-ring (bicyclic) bond motifs is 2. The van der Waals surface area contributed by atoms with Gasteiger partial charge in [-0.05, 0) is 0 Å². The van der Waals surface area contributed by atoms with Gasteiger partial charge in [0.25, 0.3) is 5.56 Å². The second kappa shape index (κ2) is 3.35. The van der Waals surface area contributed by atoms with Gasteiger partial charge in [-0.25, -0.2) is 4.98 Å². The number of nitrogen functional groups attached to an aromatic ring is 1. The smallest absolute Gasteiger partial charge is 0.280 e. The van der Waals surface area contributed by atoms with Crippen LogP contribution in [0.15, 0.2) is 11.1 Å². The van der Waals surface area contributed by atoms with Crippen molar-refractivity contribution in [1.82, 2.24) is 19.5 Å². The molecule has 2 fully saturated rings. The van der Waals surface area contributed by atoms with E-state index in [1.54, 1.807) is 0 Å². The summed E-state index contributed by atoms with van der Waals surface area (Å²) in [4.78, 5) is 21.8. The maximum absolute atomic E-state index is 11.7. The Morgan fingerprint density at radius 3 is 2.85 bits per heavy atom. The molecule has 1 aliphatic heterocycles. The molecule has 5 atom stereocenters. The van der Waals surface area contributed by atoms with Crippen molar-refractivity contribution in [2.45, 2.75) is 30.1 Å². The standard InChI is InChI=1S/C10H11N5O5/c11-9-13-6-2(7(18)14-9)12-1-15(6)8-4(17)10(19)3(16)5(10)20-8/h1,3-5,8,16-17,19H,(H3,11,13,14,18)/t3?,4?,5-,8-,10?/m1/s1. The van der Waals surface area contributed by atoms with E-state index < -0.39 is 35.7 Å². The Kier molecular flexibility index (Phi) is 1.98. The third-order valence-corrected chi connectivity index (χ3v) is 3.86. The SMILES string of the molecule is Nc1nc2c(ncn2[C@@H]2O[C@@H]3C(O)C3(O)C2O)c(=O)[nH]1. The number of aliphatic hydroxyl groups is 3. The highest BCUT2D eigenvalue weighted by Gasteiger charge is 2.76. The fourth-order valence-electron chi connectivity index (χ4n) is 2.67. The third-order valence-electron chi connectivity index (χ3n) is 3.86. The molecule has 3 unspecified atom stereocenters. The van der Waals surface area contributed by atoms with Gasteiger partial charge in [-0.15, -0.1) is 0 Å². The minimum absolute atomic E-state index is 0.0445. The first-order valence-electron chi connectivity index (χ1n) is 5.91. The highest BCUT2D eigenvalue weighted by molar-refractivity contribution is 5.70. The number of anilines is 1. The number of nitrogens with two attached hydrogens (primary N) is 1. The van der Waals surface area contributed by atoms with E-state index in [9.17, 15) is 20.1 Å². The van der Waals surface area contributed by atoms with Crippen molar-refractivity contribution in [3.05, 3.63) is 16.7 Å². The average Bonchev–Trinajstić information content (AvgIpc) is 2.74. The van der Waals surface area contributed by atoms with Crippen molar-refractivity contribution in [3.8, 4) is 0 Å². The molecule has 0 spiro atoms. The maximum Gasteiger partial charge on any atom is 0.280 e. The minimum atomic E-state index is -1.69. The Labute approximate surface area is 110 Å². The third kappa shape index (κ3) is 1.19. The van der Waals surface area contributed by atoms with E-state index in [-0.39, 0.29) is 17.1 Å². The van der Waals surface area contributed by atoms with Gasteiger partial charge in [0, 0.05) is 0 Å². The predicted octanol–water partition coefficient (Wildman–Crippen LogP) is -2.93. The van der Waals surface area contributed by atoms with Gasteiger partial charge < -0.3 is 25.8 Å². The van der Waals surface area contributed by atoms with E-state index in [0.29, 0.717) is 0 Å². The molecule has 0 radical (unpaired) electrons. The van der Waals surface area contributed by atoms with Crippen molar-refractivity contribution in [3.63, 3.8) is 0 Å². The van der Waals surface area contributed by atoms with Crippen LogP contribution in [-0.2, 0) is 4.74 Å². The number of hydrogen-bond donors (Lipinski definition) is 5. The summed E-state index contributed by atoms with van der Waals surface area (Å²) in [6, 6.07) is 0. The zero-order valence-corrected chi connectivity index (χ0v) is 9.96. The Bertz CT molecular complexity index is 771. The Balaban J connectivity index is 1.83. The first-order valence-corrected chi connectivity index (χ1v) is 5.91. The molecule has 106 valence electrons. The second-order valence-electron chi connectivity index (χ2n) is 5.00. The van der Waals surface area contributed by atoms with Crippen molar-refractivity contribution in [2.24, 2.45) is 0 Å². The molecule has 4 rings (SSSR count). The van der Waals surface area contributed by atoms with Gasteiger partial charge in [0.05, 0.1) is 6.33 Å². The zero-order valence-electron chi connectivity index (χ0n) is 9.96. The second-order valence-corrected chi connectivity index (χ2v) is 5.00. The molecule has 0 amide bonds. The molecule has 1 saturated carbocycles. The summed E-state index contributed by atoms with van der Waals surface area (Å²) in [5, 5.41) is 29.5. The predicted molar refractivity (Wildman–Crippen MR) is 63.4 cm³/mol. The molecule has 1 saturated heterocycles. The van der Waals surface area contributed by atoms with Gasteiger partial charge >= 0.3 is 0 Å². The lowest BCUT2D eigenvalue weighted by Crippen LogP contribution is -2.36. The monoisotopic (exact) mass is 281 g/mol. The number of rotatable bonds is 1. The molecule has 1 aliphatic carbocycles. The van der Waals surface area contributed by atoms with E-state index in [0.717, 1.165) is 0 Å². The molecule has 0 aromatic carbocycles. The summed E-state index contributed by atoms with van der Waals surface area (Å²) in [6.45, 7) is 0. The van der Waals surface area contributed by atoms with Gasteiger partial charge in [-0.2, -0.15) is 4.98 Å². The van der Waals surface area contributed by atoms with Crippen LogP contribution in [0.5, 0.6) is 0 Å². The van der Waals surface area contributed by atoms with Crippen LogP contribution in [0.3, 0.4) is 0 Å². The van der Waals surface area contributed by atoms with Gasteiger partial charge in [0.2, 0.25) is 5.95 Å². The molecular weight excluding hydrogens is 270 g/mol. The maximum atomic E-state index is 11.7. The Morgan fingerprint density at radius 1 is 1.45 bits per heavy atom. The quantitative estimate of drug-likeness (QED) is 0.371. The van der Waals surface area contributed by atoms with Gasteiger partial charge in [0.1, 0.15) is 18.3 Å². The highest BCUT2D eigenvalue weighted by Crippen LogP contribution is 2.53. The molecule has 6 N–H and O–H groups in total. The molecule has 2 aromatic rings. The van der Waals surface area contributed by atoms with Crippen molar-refractivity contribution in [2.75, 3.05) is 5.73 Å². The molecule has 10 heteroatoms. The van der Waals surface area contributed by atoms with Crippen LogP contribution in [0.4, 0.5) is 5.95 Å². The molecular formula is C10H11N5O5. The van der Waals surface area contributed by atoms with Gasteiger partial charge in [-0.3, -0.25) is 14.3 Å². The summed E-state index contributed by atoms with van der Waals surface area (Å²) in [5.41, 5.74) is 3.45. The number of imidazole rings is 1. The van der Waals surface area contributed by atoms with Gasteiger partial charge in [-0.1, -0.05) is 0 Å². The number of aromatic amines is 1. The first kappa shape index (κ1) is 11.8. The zero-order chi connectivity index (χ0) is 14.2. The summed E-state index contributed by atoms with van der Waals surface area (Å²) in [6.07, 6.45) is -3.07. The lowest BCUT2D eigenvalue weighted by atomic mass is 10.1. The summed E-state index contributed by atoms with van der Waals surface area (Å²) >= 11 is 0. The normalized spacial score (nSPS) is 39.1. The topological polar surface area (TPSA) is 160 Å². The Hall–Kier alpha value is -2.01. The number of nitrogens with zero attached hydrogens (tertiary/aromatic N) is 3. The van der Waals surface area contributed by atoms with E-state index in [1.807, 2.05) is 0 Å². The van der Waals surface area contributed by atoms with Crippen LogP contribution in [0, 0.1) is 0 Å². The number of nitrogens with one attached hydrogen (secondary N) is 1. The molecule has 10 nitrogen and oxygen atoms in total. The highest BCUT2D eigenvalue weighted by atomic mass is 16.6. The lowest BCUT2D eigenvalue weighted by molar-refractivity contribution is -0.0942. The van der Waals surface area contributed by atoms with Crippen LogP contribution < -0.4 is 11.3 Å². The van der Waals surface area contributed by atoms with Crippen LogP contribution in [0.1, 0.15) is 6.23 Å². The summed E-state index contributed by atoms with van der Waals surface area (Å²) in [7, 11) is 0. The number of aliphatic hydroxyl groups excluding tert-OH is 2. The number of aromatic nitrogens is 4. The average molecular weight is 281 g/mol. The molecule has 0 bridgehead atoms. The van der Waals surface area contributed by atoms with E-state index in [4.69, 9.17) is 10.5 Å². The van der Waals surface area contributed by atoms with Gasteiger partial charge in [0.15, 0.2) is 23.0 Å². The molecule has 2 aromatic heterocycles. The van der Waals surface area contributed by atoms with Crippen molar-refractivity contribution < 1.29 is 20.1 Å². The first-order chi connectivity index (χ1) is 9.44. The Morgan fingerprint density at radius 2 is 2.20 bits per heavy atom. The molecule has 20 heavy (non-hydrogen) atoms. The van der Waals surface area contributed by atoms with Crippen LogP contribution >= 0.6 is 0 Å². The number of hydrogen-bond acceptors (Lipinski definition) is 8. The summed E-state index contributed by atoms with van der Waals surface area (Å²) in [5.74, 6) is -0.0966. The number of H-pyrrole nitrogens is 1. The van der Waals surface area contributed by atoms with E-state index in [2.05, 4.69) is 15.0 Å². The lowest BCUT2D eigenvalue weighted by Gasteiger charge is -2.22. The van der Waals surface area contributed by atoms with E-state index >= 15 is 0 Å². The fraction of sp³-hybridized carbons (Fsp3) is 0.500. The van der Waals surface area contributed by atoms with Crippen LogP contribution in [0.2, 0.25) is 0 Å². The van der Waals surface area contributed by atoms with Crippen LogP contribution in [-0.4, -0.2) is 58.8 Å². The van der Waals surface area contributed by atoms with Crippen LogP contribution in [0.25, 0.3) is 11.2 Å². The largest absolute Gasteiger partial charge is 0.387 e. The van der Waals surface area contributed by atoms with E-state index in [1.165, 1.54) is 10.9 Å². The summed E-state index contributed by atoms with van der Waals surface area (Å²) < 4.78 is 6.68. The van der Waals surface area contributed by atoms with Crippen molar-refractivity contribution in [1.29, 1.82) is 0 Å². The number of ether oxygens (including phenoxy) is 1. The fourth-order valence-corrected chi connectivity index (χ4v) is 2.67.